The summed E-state index contributed by atoms with van der Waals surface area (Å²) in [7, 11) is 1.54. The van der Waals surface area contributed by atoms with Crippen molar-refractivity contribution in [2.75, 3.05) is 13.7 Å². The van der Waals surface area contributed by atoms with Crippen molar-refractivity contribution in [3.8, 4) is 0 Å². The van der Waals surface area contributed by atoms with Gasteiger partial charge in [0.2, 0.25) is 5.91 Å². The number of fused-ring (bicyclic) bond motifs is 1. The van der Waals surface area contributed by atoms with E-state index in [2.05, 4.69) is 34.3 Å². The standard InChI is InChI=1S/C15H20N2O2/c1-12(19-2)15(18)16-9-5-10-17-11-8-13-6-3-4-7-14(13)17/h3-4,6-8,11-12H,5,9-10H2,1-2H3,(H,16,18). The number of hydrogen-bond acceptors (Lipinski definition) is 2. The van der Waals surface area contributed by atoms with Gasteiger partial charge in [0, 0.05) is 31.9 Å². The van der Waals surface area contributed by atoms with E-state index in [1.165, 1.54) is 18.0 Å². The second-order valence-corrected chi connectivity index (χ2v) is 4.59. The molecule has 1 unspecified atom stereocenters. The quantitative estimate of drug-likeness (QED) is 0.809. The van der Waals surface area contributed by atoms with Crippen molar-refractivity contribution in [1.82, 2.24) is 9.88 Å². The van der Waals surface area contributed by atoms with Crippen LogP contribution in [-0.4, -0.2) is 30.2 Å². The molecule has 1 aromatic heterocycles. The predicted octanol–water partition coefficient (Wildman–Crippen LogP) is 2.18. The topological polar surface area (TPSA) is 43.3 Å². The third kappa shape index (κ3) is 3.35. The molecule has 0 aliphatic rings. The molecule has 0 aliphatic carbocycles. The number of methoxy groups -OCH3 is 1. The van der Waals surface area contributed by atoms with Crippen molar-refractivity contribution in [3.63, 3.8) is 0 Å². The van der Waals surface area contributed by atoms with Crippen molar-refractivity contribution in [2.24, 2.45) is 0 Å². The maximum atomic E-state index is 11.5. The first-order valence-electron chi connectivity index (χ1n) is 6.57. The van der Waals surface area contributed by atoms with Crippen LogP contribution in [0.1, 0.15) is 13.3 Å². The molecule has 1 amide bonds. The number of hydrogen-bond donors (Lipinski definition) is 1. The molecule has 1 aromatic carbocycles. The SMILES string of the molecule is COC(C)C(=O)NCCCn1ccc2ccccc21. The van der Waals surface area contributed by atoms with Gasteiger partial charge in [-0.1, -0.05) is 18.2 Å². The highest BCUT2D eigenvalue weighted by Crippen LogP contribution is 2.15. The van der Waals surface area contributed by atoms with E-state index in [1.807, 2.05) is 12.1 Å². The monoisotopic (exact) mass is 260 g/mol. The van der Waals surface area contributed by atoms with Crippen LogP contribution in [-0.2, 0) is 16.1 Å². The molecule has 1 heterocycles. The fourth-order valence-electron chi connectivity index (χ4n) is 2.05. The summed E-state index contributed by atoms with van der Waals surface area (Å²) in [4.78, 5) is 11.5. The van der Waals surface area contributed by atoms with Crippen molar-refractivity contribution in [3.05, 3.63) is 36.5 Å². The Balaban J connectivity index is 1.82. The van der Waals surface area contributed by atoms with Crippen LogP contribution in [0.25, 0.3) is 10.9 Å². The Morgan fingerprint density at radius 1 is 1.37 bits per heavy atom. The molecule has 1 atom stereocenters. The first-order chi connectivity index (χ1) is 9.22. The van der Waals surface area contributed by atoms with E-state index in [9.17, 15) is 4.79 Å². The van der Waals surface area contributed by atoms with Gasteiger partial charge in [0.25, 0.3) is 0 Å². The number of carbonyl (C=O) groups is 1. The Labute approximate surface area is 113 Å². The lowest BCUT2D eigenvalue weighted by Gasteiger charge is -2.10. The summed E-state index contributed by atoms with van der Waals surface area (Å²) in [5.74, 6) is -0.0557. The molecular weight excluding hydrogens is 240 g/mol. The summed E-state index contributed by atoms with van der Waals surface area (Å²) in [6.45, 7) is 3.31. The number of para-hydroxylation sites is 1. The number of amides is 1. The number of carbonyl (C=O) groups excluding carboxylic acids is 1. The number of nitrogens with zero attached hydrogens (tertiary/aromatic N) is 1. The normalized spacial score (nSPS) is 12.5. The van der Waals surface area contributed by atoms with Gasteiger partial charge >= 0.3 is 0 Å². The Morgan fingerprint density at radius 3 is 2.95 bits per heavy atom. The lowest BCUT2D eigenvalue weighted by Crippen LogP contribution is -2.34. The minimum atomic E-state index is -0.382. The zero-order valence-electron chi connectivity index (χ0n) is 11.4. The minimum Gasteiger partial charge on any atom is -0.372 e. The summed E-state index contributed by atoms with van der Waals surface area (Å²) in [5.41, 5.74) is 1.24. The molecule has 0 saturated carbocycles. The summed E-state index contributed by atoms with van der Waals surface area (Å²) in [6.07, 6.45) is 2.61. The predicted molar refractivity (Wildman–Crippen MR) is 76.0 cm³/mol. The molecule has 4 heteroatoms. The largest absolute Gasteiger partial charge is 0.372 e. The van der Waals surface area contributed by atoms with Crippen molar-refractivity contribution in [2.45, 2.75) is 26.0 Å². The van der Waals surface area contributed by atoms with Gasteiger partial charge in [-0.25, -0.2) is 0 Å². The highest BCUT2D eigenvalue weighted by molar-refractivity contribution is 5.80. The molecule has 0 radical (unpaired) electrons. The molecule has 102 valence electrons. The van der Waals surface area contributed by atoms with Crippen LogP contribution in [0.4, 0.5) is 0 Å². The third-order valence-electron chi connectivity index (χ3n) is 3.28. The van der Waals surface area contributed by atoms with E-state index >= 15 is 0 Å². The maximum absolute atomic E-state index is 11.5. The van der Waals surface area contributed by atoms with Crippen LogP contribution >= 0.6 is 0 Å². The number of aromatic nitrogens is 1. The molecule has 2 aromatic rings. The zero-order chi connectivity index (χ0) is 13.7. The summed E-state index contributed by atoms with van der Waals surface area (Å²) >= 11 is 0. The van der Waals surface area contributed by atoms with Crippen LogP contribution in [0.3, 0.4) is 0 Å². The van der Waals surface area contributed by atoms with Gasteiger partial charge in [-0.05, 0) is 30.9 Å². The van der Waals surface area contributed by atoms with Gasteiger partial charge in [-0.15, -0.1) is 0 Å². The molecule has 1 N–H and O–H groups in total. The van der Waals surface area contributed by atoms with E-state index in [0.717, 1.165) is 13.0 Å². The summed E-state index contributed by atoms with van der Waals surface area (Å²) < 4.78 is 7.16. The first kappa shape index (κ1) is 13.6. The number of rotatable bonds is 6. The Morgan fingerprint density at radius 2 is 2.16 bits per heavy atom. The number of aryl methyl sites for hydroxylation is 1. The average Bonchev–Trinajstić information content (AvgIpc) is 2.86. The average molecular weight is 260 g/mol. The smallest absolute Gasteiger partial charge is 0.248 e. The fraction of sp³-hybridized carbons (Fsp3) is 0.400. The second-order valence-electron chi connectivity index (χ2n) is 4.59. The van der Waals surface area contributed by atoms with Crippen molar-refractivity contribution in [1.29, 1.82) is 0 Å². The van der Waals surface area contributed by atoms with Gasteiger partial charge in [-0.3, -0.25) is 4.79 Å². The van der Waals surface area contributed by atoms with Gasteiger partial charge in [-0.2, -0.15) is 0 Å². The van der Waals surface area contributed by atoms with E-state index in [4.69, 9.17) is 4.74 Å². The summed E-state index contributed by atoms with van der Waals surface area (Å²) in [5, 5.41) is 4.12. The maximum Gasteiger partial charge on any atom is 0.248 e. The van der Waals surface area contributed by atoms with Crippen LogP contribution in [0, 0.1) is 0 Å². The van der Waals surface area contributed by atoms with Crippen LogP contribution in [0.15, 0.2) is 36.5 Å². The molecule has 0 spiro atoms. The third-order valence-corrected chi connectivity index (χ3v) is 3.28. The number of nitrogens with one attached hydrogen (secondary N) is 1. The molecule has 2 rings (SSSR count). The van der Waals surface area contributed by atoms with Crippen LogP contribution in [0.5, 0.6) is 0 Å². The first-order valence-corrected chi connectivity index (χ1v) is 6.57. The molecule has 0 aliphatic heterocycles. The highest BCUT2D eigenvalue weighted by atomic mass is 16.5. The van der Waals surface area contributed by atoms with Gasteiger partial charge in [0.05, 0.1) is 0 Å². The molecule has 4 nitrogen and oxygen atoms in total. The van der Waals surface area contributed by atoms with Crippen LogP contribution in [0.2, 0.25) is 0 Å². The second kappa shape index (κ2) is 6.38. The van der Waals surface area contributed by atoms with Crippen molar-refractivity contribution < 1.29 is 9.53 Å². The molecule has 0 bridgehead atoms. The Hall–Kier alpha value is -1.81. The lowest BCUT2D eigenvalue weighted by molar-refractivity contribution is -0.130. The van der Waals surface area contributed by atoms with E-state index in [-0.39, 0.29) is 12.0 Å². The Kier molecular flexibility index (Phi) is 4.58. The van der Waals surface area contributed by atoms with E-state index in [0.29, 0.717) is 6.54 Å². The van der Waals surface area contributed by atoms with E-state index in [1.54, 1.807) is 6.92 Å². The fourth-order valence-corrected chi connectivity index (χ4v) is 2.05. The number of ether oxygens (including phenoxy) is 1. The van der Waals surface area contributed by atoms with Crippen LogP contribution < -0.4 is 5.32 Å². The Bertz CT molecular complexity index is 548. The zero-order valence-corrected chi connectivity index (χ0v) is 11.4. The van der Waals surface area contributed by atoms with Gasteiger partial charge < -0.3 is 14.6 Å². The minimum absolute atomic E-state index is 0.0557. The molecule has 0 saturated heterocycles. The van der Waals surface area contributed by atoms with Gasteiger partial charge in [0.1, 0.15) is 6.10 Å². The molecular formula is C15H20N2O2. The van der Waals surface area contributed by atoms with Crippen molar-refractivity contribution >= 4 is 16.8 Å². The summed E-state index contributed by atoms with van der Waals surface area (Å²) in [6, 6.07) is 10.4. The lowest BCUT2D eigenvalue weighted by atomic mass is 10.2. The molecule has 0 fully saturated rings. The van der Waals surface area contributed by atoms with Gasteiger partial charge in [0.15, 0.2) is 0 Å². The highest BCUT2D eigenvalue weighted by Gasteiger charge is 2.09. The van der Waals surface area contributed by atoms with E-state index < -0.39 is 0 Å². The number of benzene rings is 1. The molecule has 19 heavy (non-hydrogen) atoms.